The summed E-state index contributed by atoms with van der Waals surface area (Å²) in [5.41, 5.74) is 7.78. The lowest BCUT2D eigenvalue weighted by molar-refractivity contribution is -0.175. The summed E-state index contributed by atoms with van der Waals surface area (Å²) in [6.07, 6.45) is 4.87. The van der Waals surface area contributed by atoms with Crippen LogP contribution in [0.5, 0.6) is 5.75 Å². The monoisotopic (exact) mass is 656 g/mol. The molecule has 2 aromatic rings. The quantitative estimate of drug-likeness (QED) is 0.145. The number of rotatable bonds is 18. The molecule has 0 aliphatic heterocycles. The van der Waals surface area contributed by atoms with E-state index in [9.17, 15) is 19.2 Å². The zero-order valence-electron chi connectivity index (χ0n) is 27.0. The number of ether oxygens (including phenoxy) is 3. The van der Waals surface area contributed by atoms with E-state index < -0.39 is 48.0 Å². The lowest BCUT2D eigenvalue weighted by atomic mass is 9.99. The minimum absolute atomic E-state index is 0.00873. The molecule has 10 nitrogen and oxygen atoms in total. The van der Waals surface area contributed by atoms with Crippen LogP contribution in [0.1, 0.15) is 51.7 Å². The minimum atomic E-state index is -1.19. The molecule has 0 radical (unpaired) electrons. The molecule has 0 heterocycles. The van der Waals surface area contributed by atoms with E-state index in [4.69, 9.17) is 36.7 Å². The fraction of sp³-hybridized carbons (Fsp3) is 0.429. The number of carboxylic acids is 1. The normalized spacial score (nSPS) is 14.8. The van der Waals surface area contributed by atoms with Crippen LogP contribution < -0.4 is 15.8 Å². The van der Waals surface area contributed by atoms with Crippen LogP contribution in [-0.2, 0) is 35.1 Å². The number of hydrogen-bond donors (Lipinski definition) is 3. The highest BCUT2D eigenvalue weighted by Crippen LogP contribution is 2.25. The van der Waals surface area contributed by atoms with Crippen molar-refractivity contribution in [1.82, 2.24) is 5.32 Å². The van der Waals surface area contributed by atoms with Crippen LogP contribution in [0.2, 0.25) is 5.02 Å². The lowest BCUT2D eigenvalue weighted by Crippen LogP contribution is -2.45. The number of methoxy groups -OCH3 is 1. The molecular formula is C35H45ClN2O8. The number of nitrogens with two attached hydrogens (primary N) is 1. The Morgan fingerprint density at radius 3 is 2.30 bits per heavy atom. The van der Waals surface area contributed by atoms with Crippen LogP contribution in [0.25, 0.3) is 6.08 Å². The Morgan fingerprint density at radius 2 is 1.70 bits per heavy atom. The summed E-state index contributed by atoms with van der Waals surface area (Å²) >= 11 is 6.16. The van der Waals surface area contributed by atoms with Gasteiger partial charge in [-0.15, -0.1) is 0 Å². The Hall–Kier alpha value is -4.15. The van der Waals surface area contributed by atoms with Gasteiger partial charge in [0.2, 0.25) is 5.91 Å². The zero-order chi connectivity index (χ0) is 34.2. The molecule has 0 saturated heterocycles. The molecule has 0 aromatic heterocycles. The fourth-order valence-electron chi connectivity index (χ4n) is 4.38. The average molecular weight is 657 g/mol. The molecule has 0 aliphatic carbocycles. The van der Waals surface area contributed by atoms with Crippen molar-refractivity contribution in [3.8, 4) is 5.75 Å². The molecule has 0 saturated carbocycles. The van der Waals surface area contributed by atoms with Crippen LogP contribution in [0.15, 0.2) is 66.8 Å². The maximum atomic E-state index is 13.3. The summed E-state index contributed by atoms with van der Waals surface area (Å²) < 4.78 is 16.6. The van der Waals surface area contributed by atoms with Crippen LogP contribution >= 0.6 is 11.6 Å². The Balaban J connectivity index is 2.03. The number of halogens is 1. The second kappa shape index (κ2) is 19.4. The van der Waals surface area contributed by atoms with Crippen molar-refractivity contribution < 1.29 is 38.5 Å². The van der Waals surface area contributed by atoms with Gasteiger partial charge in [0.25, 0.3) is 0 Å². The molecule has 0 aliphatic rings. The second-order valence-corrected chi connectivity index (χ2v) is 12.0. The first-order valence-electron chi connectivity index (χ1n) is 15.2. The van der Waals surface area contributed by atoms with Gasteiger partial charge in [0, 0.05) is 25.0 Å². The summed E-state index contributed by atoms with van der Waals surface area (Å²) in [4.78, 5) is 50.0. The number of carbonyl (C=O) groups is 4. The van der Waals surface area contributed by atoms with Gasteiger partial charge in [-0.2, -0.15) is 0 Å². The first kappa shape index (κ1) is 38.0. The molecular weight excluding hydrogens is 612 g/mol. The second-order valence-electron chi connectivity index (χ2n) is 11.6. The molecule has 0 spiro atoms. The molecule has 1 amide bonds. The van der Waals surface area contributed by atoms with E-state index in [2.05, 4.69) is 5.32 Å². The average Bonchev–Trinajstić information content (AvgIpc) is 3.01. The van der Waals surface area contributed by atoms with Gasteiger partial charge >= 0.3 is 17.9 Å². The maximum absolute atomic E-state index is 13.3. The van der Waals surface area contributed by atoms with Crippen molar-refractivity contribution in [3.63, 3.8) is 0 Å². The third kappa shape index (κ3) is 13.5. The Kier molecular flexibility index (Phi) is 16.0. The van der Waals surface area contributed by atoms with Crippen molar-refractivity contribution in [2.45, 2.75) is 65.2 Å². The predicted octanol–water partition coefficient (Wildman–Crippen LogP) is 5.22. The molecule has 0 fully saturated rings. The van der Waals surface area contributed by atoms with Crippen LogP contribution in [0.3, 0.4) is 0 Å². The number of carbonyl (C=O) groups excluding carboxylic acids is 3. The minimum Gasteiger partial charge on any atom is -0.495 e. The highest BCUT2D eigenvalue weighted by Gasteiger charge is 2.31. The third-order valence-corrected chi connectivity index (χ3v) is 7.37. The van der Waals surface area contributed by atoms with Crippen molar-refractivity contribution in [2.75, 3.05) is 13.7 Å². The van der Waals surface area contributed by atoms with Crippen molar-refractivity contribution in [1.29, 1.82) is 0 Å². The Morgan fingerprint density at radius 1 is 1.00 bits per heavy atom. The summed E-state index contributed by atoms with van der Waals surface area (Å²) in [5.74, 6) is -3.55. The van der Waals surface area contributed by atoms with E-state index in [-0.39, 0.29) is 37.6 Å². The number of benzene rings is 2. The standard InChI is InChI=1S/C35H45ClN2O8/c1-22(2)18-31(35(43)45-29(12-9-13-32(39)40)23(3)14-15-25-10-7-6-8-11-25)46-34(42)24(4)21-38-33(41)28(37)20-26-16-17-30(44-5)27(36)19-26/h6-11,13-17,19,22-24,28-29,31H,12,18,20-21,37H2,1-5H3,(H,38,41)(H,39,40)/b13-9+,15-14+/t23-,24-,28-,29+,31+/m1/s1. The van der Waals surface area contributed by atoms with Gasteiger partial charge < -0.3 is 30.4 Å². The molecule has 0 bridgehead atoms. The summed E-state index contributed by atoms with van der Waals surface area (Å²) in [6.45, 7) is 7.14. The molecule has 250 valence electrons. The fourth-order valence-corrected chi connectivity index (χ4v) is 4.66. The van der Waals surface area contributed by atoms with Gasteiger partial charge in [0.15, 0.2) is 6.10 Å². The van der Waals surface area contributed by atoms with Gasteiger partial charge in [0.05, 0.1) is 24.1 Å². The molecule has 2 rings (SSSR count). The number of hydrogen-bond acceptors (Lipinski definition) is 8. The molecule has 46 heavy (non-hydrogen) atoms. The van der Waals surface area contributed by atoms with Crippen molar-refractivity contribution in [3.05, 3.63) is 82.9 Å². The molecule has 5 atom stereocenters. The first-order chi connectivity index (χ1) is 21.8. The third-order valence-electron chi connectivity index (χ3n) is 7.07. The van der Waals surface area contributed by atoms with E-state index in [0.29, 0.717) is 10.8 Å². The molecule has 4 N–H and O–H groups in total. The Bertz CT molecular complexity index is 1360. The highest BCUT2D eigenvalue weighted by molar-refractivity contribution is 6.32. The lowest BCUT2D eigenvalue weighted by Gasteiger charge is -2.26. The zero-order valence-corrected chi connectivity index (χ0v) is 27.7. The summed E-state index contributed by atoms with van der Waals surface area (Å²) in [7, 11) is 1.51. The van der Waals surface area contributed by atoms with E-state index in [1.54, 1.807) is 25.1 Å². The maximum Gasteiger partial charge on any atom is 0.347 e. The predicted molar refractivity (Wildman–Crippen MR) is 177 cm³/mol. The van der Waals surface area contributed by atoms with Gasteiger partial charge in [-0.05, 0) is 42.0 Å². The molecule has 2 aromatic carbocycles. The van der Waals surface area contributed by atoms with Gasteiger partial charge in [0.1, 0.15) is 11.9 Å². The van der Waals surface area contributed by atoms with Crippen LogP contribution in [0, 0.1) is 17.8 Å². The first-order valence-corrected chi connectivity index (χ1v) is 15.6. The number of amides is 1. The van der Waals surface area contributed by atoms with E-state index >= 15 is 0 Å². The molecule has 0 unspecified atom stereocenters. The SMILES string of the molecule is COc1ccc(C[C@@H](N)C(=O)NC[C@@H](C)C(=O)O[C@@H](CC(C)C)C(=O)O[C@@H](C/C=C/C(=O)O)[C@H](C)/C=C/c2ccccc2)cc1Cl. The van der Waals surface area contributed by atoms with Gasteiger partial charge in [-0.1, -0.05) is 93.9 Å². The summed E-state index contributed by atoms with van der Waals surface area (Å²) in [6, 6.07) is 13.8. The number of nitrogens with one attached hydrogen (secondary N) is 1. The number of esters is 2. The number of carboxylic acid groups (broad SMARTS) is 1. The Labute approximate surface area is 275 Å². The molecule has 11 heteroatoms. The van der Waals surface area contributed by atoms with E-state index in [0.717, 1.165) is 17.2 Å². The summed E-state index contributed by atoms with van der Waals surface area (Å²) in [5, 5.41) is 12.1. The van der Waals surface area contributed by atoms with E-state index in [1.807, 2.05) is 63.3 Å². The van der Waals surface area contributed by atoms with Crippen molar-refractivity contribution >= 4 is 41.5 Å². The van der Waals surface area contributed by atoms with Gasteiger partial charge in [-0.25, -0.2) is 9.59 Å². The number of aliphatic carboxylic acids is 1. The van der Waals surface area contributed by atoms with Crippen molar-refractivity contribution in [2.24, 2.45) is 23.5 Å². The van der Waals surface area contributed by atoms with Crippen LogP contribution in [-0.4, -0.2) is 60.8 Å². The smallest absolute Gasteiger partial charge is 0.347 e. The van der Waals surface area contributed by atoms with Gasteiger partial charge in [-0.3, -0.25) is 9.59 Å². The van der Waals surface area contributed by atoms with E-state index in [1.165, 1.54) is 13.2 Å². The highest BCUT2D eigenvalue weighted by atomic mass is 35.5. The van der Waals surface area contributed by atoms with Crippen LogP contribution in [0.4, 0.5) is 0 Å². The topological polar surface area (TPSA) is 154 Å². The largest absolute Gasteiger partial charge is 0.495 e.